The highest BCUT2D eigenvalue weighted by Gasteiger charge is 2.36. The minimum absolute atomic E-state index is 0.153. The molecular weight excluding hydrogens is 369 g/mol. The number of ether oxygens (including phenoxy) is 2. The second-order valence-corrected chi connectivity index (χ2v) is 8.80. The Balaban J connectivity index is 1.96. The van der Waals surface area contributed by atoms with Gasteiger partial charge in [-0.05, 0) is 61.7 Å². The average molecular weight is 393 g/mol. The smallest absolute Gasteiger partial charge is 0.246 e. The first kappa shape index (κ1) is 19.8. The number of hydrogen-bond donors (Lipinski definition) is 0. The van der Waals surface area contributed by atoms with Crippen LogP contribution in [0.1, 0.15) is 29.7 Å². The first-order valence-corrected chi connectivity index (χ1v) is 10.2. The van der Waals surface area contributed by atoms with E-state index in [4.69, 9.17) is 9.47 Å². The van der Waals surface area contributed by atoms with Gasteiger partial charge in [-0.2, -0.15) is 4.31 Å². The Bertz CT molecular complexity index is 928. The van der Waals surface area contributed by atoms with E-state index in [1.165, 1.54) is 23.5 Å². The number of aryl methyl sites for hydroxylation is 2. The number of morpholine rings is 1. The molecule has 0 aliphatic carbocycles. The molecule has 0 N–H and O–H groups in total. The Labute approximate surface area is 159 Å². The maximum Gasteiger partial charge on any atom is 0.246 e. The van der Waals surface area contributed by atoms with E-state index in [1.54, 1.807) is 24.3 Å². The van der Waals surface area contributed by atoms with Gasteiger partial charge < -0.3 is 9.47 Å². The Morgan fingerprint density at radius 3 is 2.37 bits per heavy atom. The van der Waals surface area contributed by atoms with Gasteiger partial charge in [-0.25, -0.2) is 12.8 Å². The van der Waals surface area contributed by atoms with Crippen molar-refractivity contribution in [2.75, 3.05) is 20.2 Å². The highest BCUT2D eigenvalue weighted by atomic mass is 32.2. The molecule has 7 heteroatoms. The molecule has 0 amide bonds. The summed E-state index contributed by atoms with van der Waals surface area (Å²) >= 11 is 0. The Kier molecular flexibility index (Phi) is 5.55. The van der Waals surface area contributed by atoms with Crippen molar-refractivity contribution >= 4 is 10.0 Å². The first-order chi connectivity index (χ1) is 12.7. The molecule has 146 valence electrons. The van der Waals surface area contributed by atoms with Gasteiger partial charge in [0.25, 0.3) is 0 Å². The summed E-state index contributed by atoms with van der Waals surface area (Å²) in [5, 5.41) is 0. The predicted octanol–water partition coefficient (Wildman–Crippen LogP) is 3.60. The molecule has 0 bridgehead atoms. The van der Waals surface area contributed by atoms with Crippen molar-refractivity contribution in [1.82, 2.24) is 4.31 Å². The molecule has 3 rings (SSSR count). The number of rotatable bonds is 4. The second-order valence-electron chi connectivity index (χ2n) is 6.90. The molecule has 2 unspecified atom stereocenters. The van der Waals surface area contributed by atoms with Crippen molar-refractivity contribution in [2.24, 2.45) is 0 Å². The zero-order valence-electron chi connectivity index (χ0n) is 15.9. The predicted molar refractivity (Wildman–Crippen MR) is 101 cm³/mol. The molecule has 0 saturated carbocycles. The van der Waals surface area contributed by atoms with Gasteiger partial charge in [-0.3, -0.25) is 0 Å². The molecule has 27 heavy (non-hydrogen) atoms. The van der Waals surface area contributed by atoms with Crippen LogP contribution in [0.25, 0.3) is 0 Å². The number of hydrogen-bond acceptors (Lipinski definition) is 4. The van der Waals surface area contributed by atoms with Crippen LogP contribution in [-0.4, -0.2) is 39.0 Å². The fourth-order valence-corrected chi connectivity index (χ4v) is 4.97. The van der Waals surface area contributed by atoms with Gasteiger partial charge in [-0.1, -0.05) is 12.1 Å². The lowest BCUT2D eigenvalue weighted by Gasteiger charge is -2.36. The highest BCUT2D eigenvalue weighted by molar-refractivity contribution is 7.89. The van der Waals surface area contributed by atoms with Crippen LogP contribution in [0.5, 0.6) is 5.75 Å². The quantitative estimate of drug-likeness (QED) is 0.796. The molecule has 0 radical (unpaired) electrons. The lowest BCUT2D eigenvalue weighted by Crippen LogP contribution is -2.45. The van der Waals surface area contributed by atoms with E-state index in [0.717, 1.165) is 16.7 Å². The number of benzene rings is 2. The Morgan fingerprint density at radius 1 is 1.11 bits per heavy atom. The maximum atomic E-state index is 13.3. The molecule has 2 atom stereocenters. The van der Waals surface area contributed by atoms with Gasteiger partial charge in [0.15, 0.2) is 0 Å². The zero-order valence-corrected chi connectivity index (χ0v) is 16.7. The number of halogens is 1. The summed E-state index contributed by atoms with van der Waals surface area (Å²) in [6, 6.07) is 9.34. The van der Waals surface area contributed by atoms with Crippen molar-refractivity contribution in [2.45, 2.75) is 37.9 Å². The molecule has 5 nitrogen and oxygen atoms in total. The van der Waals surface area contributed by atoms with Crippen LogP contribution in [-0.2, 0) is 14.8 Å². The van der Waals surface area contributed by atoms with Crippen molar-refractivity contribution in [3.8, 4) is 5.75 Å². The summed E-state index contributed by atoms with van der Waals surface area (Å²) in [6.07, 6.45) is -0.747. The molecule has 0 aromatic heterocycles. The average Bonchev–Trinajstić information content (AvgIpc) is 2.63. The highest BCUT2D eigenvalue weighted by Crippen LogP contribution is 2.34. The van der Waals surface area contributed by atoms with Crippen LogP contribution in [0.4, 0.5) is 4.39 Å². The van der Waals surface area contributed by atoms with E-state index in [2.05, 4.69) is 0 Å². The molecule has 1 aliphatic rings. The van der Waals surface area contributed by atoms with Crippen LogP contribution in [0, 0.1) is 19.7 Å². The van der Waals surface area contributed by atoms with E-state index >= 15 is 0 Å². The van der Waals surface area contributed by atoms with Crippen LogP contribution >= 0.6 is 0 Å². The largest absolute Gasteiger partial charge is 0.495 e. The third kappa shape index (κ3) is 4.00. The van der Waals surface area contributed by atoms with Crippen molar-refractivity contribution in [3.63, 3.8) is 0 Å². The number of methoxy groups -OCH3 is 1. The second kappa shape index (κ2) is 7.58. The lowest BCUT2D eigenvalue weighted by atomic mass is 10.1. The van der Waals surface area contributed by atoms with Gasteiger partial charge in [0.1, 0.15) is 16.5 Å². The van der Waals surface area contributed by atoms with Crippen molar-refractivity contribution in [3.05, 3.63) is 58.9 Å². The molecule has 2 aromatic carbocycles. The van der Waals surface area contributed by atoms with Crippen molar-refractivity contribution < 1.29 is 22.3 Å². The summed E-state index contributed by atoms with van der Waals surface area (Å²) in [4.78, 5) is 0.153. The van der Waals surface area contributed by atoms with Crippen LogP contribution in [0.3, 0.4) is 0 Å². The maximum absolute atomic E-state index is 13.3. The monoisotopic (exact) mass is 393 g/mol. The van der Waals surface area contributed by atoms with Gasteiger partial charge in [-0.15, -0.1) is 0 Å². The minimum Gasteiger partial charge on any atom is -0.495 e. The molecule has 1 aliphatic heterocycles. The van der Waals surface area contributed by atoms with E-state index in [0.29, 0.717) is 5.75 Å². The summed E-state index contributed by atoms with van der Waals surface area (Å²) < 4.78 is 52.5. The minimum atomic E-state index is -3.77. The SMILES string of the molecule is COc1cc(C)c(C)cc1S(=O)(=O)N1CC(C)OC(c2ccc(F)cc2)C1. The van der Waals surface area contributed by atoms with E-state index in [1.807, 2.05) is 20.8 Å². The van der Waals surface area contributed by atoms with Gasteiger partial charge in [0.05, 0.1) is 19.3 Å². The van der Waals surface area contributed by atoms with Gasteiger partial charge in [0, 0.05) is 13.1 Å². The fraction of sp³-hybridized carbons (Fsp3) is 0.400. The molecule has 1 heterocycles. The van der Waals surface area contributed by atoms with E-state index < -0.39 is 16.1 Å². The molecule has 1 fully saturated rings. The van der Waals surface area contributed by atoms with Gasteiger partial charge in [0.2, 0.25) is 10.0 Å². The normalized spacial score (nSPS) is 21.2. The lowest BCUT2D eigenvalue weighted by molar-refractivity contribution is -0.0557. The summed E-state index contributed by atoms with van der Waals surface area (Å²) in [5.41, 5.74) is 2.59. The molecule has 2 aromatic rings. The number of sulfonamides is 1. The molecule has 0 spiro atoms. The van der Waals surface area contributed by atoms with Crippen LogP contribution < -0.4 is 4.74 Å². The Hall–Kier alpha value is -1.96. The summed E-state index contributed by atoms with van der Waals surface area (Å²) in [5.74, 6) is -0.0115. The first-order valence-electron chi connectivity index (χ1n) is 8.78. The fourth-order valence-electron chi connectivity index (χ4n) is 3.23. The zero-order chi connectivity index (χ0) is 19.8. The third-order valence-electron chi connectivity index (χ3n) is 4.87. The topological polar surface area (TPSA) is 55.8 Å². The van der Waals surface area contributed by atoms with E-state index in [-0.39, 0.29) is 29.9 Å². The number of nitrogens with zero attached hydrogens (tertiary/aromatic N) is 1. The van der Waals surface area contributed by atoms with E-state index in [9.17, 15) is 12.8 Å². The Morgan fingerprint density at radius 2 is 1.74 bits per heavy atom. The van der Waals surface area contributed by atoms with Crippen molar-refractivity contribution in [1.29, 1.82) is 0 Å². The van der Waals surface area contributed by atoms with Gasteiger partial charge >= 0.3 is 0 Å². The molecular formula is C20H24FNO4S. The summed E-state index contributed by atoms with van der Waals surface area (Å²) in [6.45, 7) is 6.02. The van der Waals surface area contributed by atoms with Crippen LogP contribution in [0.15, 0.2) is 41.3 Å². The third-order valence-corrected chi connectivity index (χ3v) is 6.72. The molecule has 1 saturated heterocycles. The summed E-state index contributed by atoms with van der Waals surface area (Å²) in [7, 11) is -2.31. The standard InChI is InChI=1S/C20H24FNO4S/c1-13-9-18(25-4)20(10-14(13)2)27(23,24)22-11-15(3)26-19(12-22)16-5-7-17(21)8-6-16/h5-10,15,19H,11-12H2,1-4H3. The van der Waals surface area contributed by atoms with Crippen LogP contribution in [0.2, 0.25) is 0 Å².